The van der Waals surface area contributed by atoms with Crippen molar-refractivity contribution in [3.05, 3.63) is 24.3 Å². The summed E-state index contributed by atoms with van der Waals surface area (Å²) >= 11 is 0. The Labute approximate surface area is 121 Å². The summed E-state index contributed by atoms with van der Waals surface area (Å²) in [5.74, 6) is 0. The van der Waals surface area contributed by atoms with E-state index in [0.717, 1.165) is 18.8 Å². The minimum atomic E-state index is -4.41. The van der Waals surface area contributed by atoms with Crippen LogP contribution in [0.4, 0.5) is 29.3 Å². The first kappa shape index (κ1) is 15.5. The van der Waals surface area contributed by atoms with Crippen LogP contribution in [-0.4, -0.2) is 31.8 Å². The molecule has 0 bridgehead atoms. The van der Waals surface area contributed by atoms with Crippen LogP contribution in [0.1, 0.15) is 19.3 Å². The van der Waals surface area contributed by atoms with Crippen LogP contribution in [0.15, 0.2) is 24.3 Å². The van der Waals surface area contributed by atoms with Crippen molar-refractivity contribution in [2.45, 2.75) is 25.4 Å². The van der Waals surface area contributed by atoms with Gasteiger partial charge in [0.15, 0.2) is 0 Å². The van der Waals surface area contributed by atoms with Gasteiger partial charge >= 0.3 is 12.2 Å². The van der Waals surface area contributed by atoms with Gasteiger partial charge in [-0.1, -0.05) is 0 Å². The molecule has 1 aliphatic heterocycles. The minimum absolute atomic E-state index is 0.468. The van der Waals surface area contributed by atoms with Gasteiger partial charge in [0, 0.05) is 24.5 Å². The Bertz CT molecular complexity index is 467. The van der Waals surface area contributed by atoms with E-state index in [0.29, 0.717) is 5.69 Å². The van der Waals surface area contributed by atoms with Gasteiger partial charge in [-0.2, -0.15) is 13.2 Å². The van der Waals surface area contributed by atoms with Crippen molar-refractivity contribution in [2.75, 3.05) is 29.9 Å². The number of benzene rings is 1. The van der Waals surface area contributed by atoms with Crippen LogP contribution in [0.2, 0.25) is 0 Å². The van der Waals surface area contributed by atoms with Gasteiger partial charge in [-0.15, -0.1) is 0 Å². The lowest BCUT2D eigenvalue weighted by Gasteiger charge is -2.28. The predicted molar refractivity (Wildman–Crippen MR) is 75.6 cm³/mol. The quantitative estimate of drug-likeness (QED) is 0.899. The Morgan fingerprint density at radius 2 is 1.71 bits per heavy atom. The first-order valence-corrected chi connectivity index (χ1v) is 6.91. The fourth-order valence-electron chi connectivity index (χ4n) is 2.26. The molecule has 0 radical (unpaired) electrons. The van der Waals surface area contributed by atoms with Gasteiger partial charge in [0.2, 0.25) is 0 Å². The number of alkyl halides is 3. The highest BCUT2D eigenvalue weighted by atomic mass is 19.4. The lowest BCUT2D eigenvalue weighted by molar-refractivity contribution is -0.122. The maximum atomic E-state index is 12.0. The molecule has 1 heterocycles. The first-order chi connectivity index (χ1) is 9.94. The molecule has 1 aromatic carbocycles. The fourth-order valence-corrected chi connectivity index (χ4v) is 2.26. The number of nitrogens with one attached hydrogen (secondary N) is 2. The number of piperidine rings is 1. The van der Waals surface area contributed by atoms with Crippen molar-refractivity contribution < 1.29 is 18.0 Å². The maximum Gasteiger partial charge on any atom is 0.405 e. The maximum absolute atomic E-state index is 12.0. The number of hydrogen-bond acceptors (Lipinski definition) is 2. The molecule has 2 rings (SSSR count). The summed E-state index contributed by atoms with van der Waals surface area (Å²) in [4.78, 5) is 13.6. The van der Waals surface area contributed by atoms with Crippen LogP contribution in [-0.2, 0) is 0 Å². The predicted octanol–water partition coefficient (Wildman–Crippen LogP) is 3.36. The molecule has 0 aliphatic carbocycles. The Morgan fingerprint density at radius 1 is 1.10 bits per heavy atom. The van der Waals surface area contributed by atoms with Gasteiger partial charge in [0.1, 0.15) is 6.54 Å². The Morgan fingerprint density at radius 3 is 2.29 bits per heavy atom. The van der Waals surface area contributed by atoms with Gasteiger partial charge < -0.3 is 15.5 Å². The molecule has 2 amide bonds. The van der Waals surface area contributed by atoms with Crippen LogP contribution in [0.25, 0.3) is 0 Å². The summed E-state index contributed by atoms with van der Waals surface area (Å²) in [6.07, 6.45) is -0.829. The standard InChI is InChI=1S/C14H18F3N3O/c15-14(16,17)10-18-13(21)19-11-4-6-12(7-5-11)20-8-2-1-3-9-20/h4-7H,1-3,8-10H2,(H2,18,19,21). The molecular formula is C14H18F3N3O. The van der Waals surface area contributed by atoms with Gasteiger partial charge in [-0.25, -0.2) is 4.79 Å². The van der Waals surface area contributed by atoms with E-state index in [1.54, 1.807) is 17.4 Å². The van der Waals surface area contributed by atoms with E-state index in [2.05, 4.69) is 10.2 Å². The molecule has 0 atom stereocenters. The zero-order chi connectivity index (χ0) is 15.3. The average molecular weight is 301 g/mol. The SMILES string of the molecule is O=C(NCC(F)(F)F)Nc1ccc(N2CCCCC2)cc1. The molecule has 7 heteroatoms. The highest BCUT2D eigenvalue weighted by Gasteiger charge is 2.27. The van der Waals surface area contributed by atoms with Crippen LogP contribution in [0, 0.1) is 0 Å². The first-order valence-electron chi connectivity index (χ1n) is 6.91. The van der Waals surface area contributed by atoms with Gasteiger partial charge in [0.25, 0.3) is 0 Å². The van der Waals surface area contributed by atoms with E-state index in [4.69, 9.17) is 0 Å². The highest BCUT2D eigenvalue weighted by molar-refractivity contribution is 5.89. The number of carbonyl (C=O) groups is 1. The number of hydrogen-bond donors (Lipinski definition) is 2. The largest absolute Gasteiger partial charge is 0.405 e. The fraction of sp³-hybridized carbons (Fsp3) is 0.500. The second kappa shape index (κ2) is 6.69. The van der Waals surface area contributed by atoms with E-state index in [9.17, 15) is 18.0 Å². The van der Waals surface area contributed by atoms with E-state index in [1.807, 2.05) is 12.1 Å². The Balaban J connectivity index is 1.85. The smallest absolute Gasteiger partial charge is 0.372 e. The van der Waals surface area contributed by atoms with Crippen molar-refractivity contribution >= 4 is 17.4 Å². The van der Waals surface area contributed by atoms with Crippen molar-refractivity contribution in [1.29, 1.82) is 0 Å². The third-order valence-electron chi connectivity index (χ3n) is 3.30. The third kappa shape index (κ3) is 5.17. The molecule has 0 unspecified atom stereocenters. The zero-order valence-electron chi connectivity index (χ0n) is 11.5. The summed E-state index contributed by atoms with van der Waals surface area (Å²) < 4.78 is 35.9. The van der Waals surface area contributed by atoms with E-state index < -0.39 is 18.8 Å². The lowest BCUT2D eigenvalue weighted by Crippen LogP contribution is -2.36. The number of urea groups is 1. The van der Waals surface area contributed by atoms with Crippen molar-refractivity contribution in [1.82, 2.24) is 5.32 Å². The van der Waals surface area contributed by atoms with Crippen molar-refractivity contribution in [3.8, 4) is 0 Å². The number of anilines is 2. The minimum Gasteiger partial charge on any atom is -0.372 e. The molecule has 1 aliphatic rings. The summed E-state index contributed by atoms with van der Waals surface area (Å²) in [6.45, 7) is 0.683. The van der Waals surface area contributed by atoms with Crippen LogP contribution >= 0.6 is 0 Å². The Kier molecular flexibility index (Phi) is 4.93. The van der Waals surface area contributed by atoms with E-state index >= 15 is 0 Å². The van der Waals surface area contributed by atoms with E-state index in [1.165, 1.54) is 19.3 Å². The average Bonchev–Trinajstić information content (AvgIpc) is 2.46. The van der Waals surface area contributed by atoms with Crippen molar-refractivity contribution in [2.24, 2.45) is 0 Å². The molecule has 116 valence electrons. The number of rotatable bonds is 3. The highest BCUT2D eigenvalue weighted by Crippen LogP contribution is 2.21. The molecule has 4 nitrogen and oxygen atoms in total. The normalized spacial score (nSPS) is 15.7. The van der Waals surface area contributed by atoms with Crippen LogP contribution in [0.5, 0.6) is 0 Å². The second-order valence-corrected chi connectivity index (χ2v) is 5.02. The number of nitrogens with zero attached hydrogens (tertiary/aromatic N) is 1. The van der Waals surface area contributed by atoms with Gasteiger partial charge in [-0.05, 0) is 43.5 Å². The topological polar surface area (TPSA) is 44.4 Å². The van der Waals surface area contributed by atoms with Gasteiger partial charge in [-0.3, -0.25) is 0 Å². The molecule has 2 N–H and O–H groups in total. The number of amides is 2. The summed E-state index contributed by atoms with van der Waals surface area (Å²) in [7, 11) is 0. The summed E-state index contributed by atoms with van der Waals surface area (Å²) in [5, 5.41) is 4.14. The lowest BCUT2D eigenvalue weighted by atomic mass is 10.1. The molecule has 0 aromatic heterocycles. The van der Waals surface area contributed by atoms with Crippen molar-refractivity contribution in [3.63, 3.8) is 0 Å². The summed E-state index contributed by atoms with van der Waals surface area (Å²) in [6, 6.07) is 6.25. The monoisotopic (exact) mass is 301 g/mol. The molecule has 0 spiro atoms. The molecule has 0 saturated carbocycles. The second-order valence-electron chi connectivity index (χ2n) is 5.02. The molecule has 1 saturated heterocycles. The number of carbonyl (C=O) groups excluding carboxylic acids is 1. The molecule has 21 heavy (non-hydrogen) atoms. The summed E-state index contributed by atoms with van der Waals surface area (Å²) in [5.41, 5.74) is 1.53. The zero-order valence-corrected chi connectivity index (χ0v) is 11.5. The molecular weight excluding hydrogens is 283 g/mol. The Hall–Kier alpha value is -1.92. The number of halogens is 3. The van der Waals surface area contributed by atoms with E-state index in [-0.39, 0.29) is 0 Å². The van der Waals surface area contributed by atoms with Gasteiger partial charge in [0.05, 0.1) is 0 Å². The third-order valence-corrected chi connectivity index (χ3v) is 3.30. The van der Waals surface area contributed by atoms with Crippen LogP contribution < -0.4 is 15.5 Å². The molecule has 1 fully saturated rings. The van der Waals surface area contributed by atoms with Crippen LogP contribution in [0.3, 0.4) is 0 Å². The molecule has 1 aromatic rings.